The van der Waals surface area contributed by atoms with E-state index < -0.39 is 37.3 Å². The van der Waals surface area contributed by atoms with Gasteiger partial charge in [0, 0.05) is 5.39 Å². The predicted molar refractivity (Wildman–Crippen MR) is 86.4 cm³/mol. The van der Waals surface area contributed by atoms with Gasteiger partial charge in [-0.25, -0.2) is 0 Å². The zero-order valence-corrected chi connectivity index (χ0v) is 13.4. The van der Waals surface area contributed by atoms with Crippen LogP contribution < -0.4 is 4.74 Å². The van der Waals surface area contributed by atoms with E-state index in [4.69, 9.17) is 9.47 Å². The molecule has 1 aliphatic rings. The van der Waals surface area contributed by atoms with Gasteiger partial charge in [0.15, 0.2) is 0 Å². The highest BCUT2D eigenvalue weighted by Crippen LogP contribution is 2.40. The van der Waals surface area contributed by atoms with E-state index in [2.05, 4.69) is 0 Å². The Balaban J connectivity index is 1.99. The fourth-order valence-corrected chi connectivity index (χ4v) is 2.94. The molecule has 5 atom stereocenters. The molecule has 2 aromatic rings. The second kappa shape index (κ2) is 6.66. The minimum absolute atomic E-state index is 0.0600. The van der Waals surface area contributed by atoms with Crippen molar-refractivity contribution in [1.29, 1.82) is 0 Å². The summed E-state index contributed by atoms with van der Waals surface area (Å²) in [4.78, 5) is 0. The minimum Gasteiger partial charge on any atom is -0.507 e. The molecular formula is C17H20O8. The number of hydrogen-bond acceptors (Lipinski definition) is 8. The predicted octanol–water partition coefficient (Wildman–Crippen LogP) is -0.262. The zero-order chi connectivity index (χ0) is 18.3. The van der Waals surface area contributed by atoms with Crippen molar-refractivity contribution >= 4 is 10.8 Å². The number of hydrogen-bond donors (Lipinski definition) is 6. The highest BCUT2D eigenvalue weighted by Gasteiger charge is 2.44. The first-order valence-corrected chi connectivity index (χ1v) is 7.76. The van der Waals surface area contributed by atoms with Gasteiger partial charge in [0.25, 0.3) is 0 Å². The molecule has 0 spiro atoms. The Hall–Kier alpha value is -2.10. The first kappa shape index (κ1) is 17.7. The van der Waals surface area contributed by atoms with Crippen molar-refractivity contribution in [2.45, 2.75) is 37.6 Å². The van der Waals surface area contributed by atoms with Crippen LogP contribution in [0.2, 0.25) is 0 Å². The molecule has 0 saturated carbocycles. The highest BCUT2D eigenvalue weighted by molar-refractivity contribution is 5.98. The Morgan fingerprint density at radius 1 is 1.00 bits per heavy atom. The number of ether oxygens (including phenoxy) is 2. The van der Waals surface area contributed by atoms with Crippen LogP contribution in [0.25, 0.3) is 10.8 Å². The molecule has 2 aromatic carbocycles. The van der Waals surface area contributed by atoms with Crippen LogP contribution in [0.5, 0.6) is 17.2 Å². The topological polar surface area (TPSA) is 140 Å². The van der Waals surface area contributed by atoms with Crippen LogP contribution >= 0.6 is 0 Å². The van der Waals surface area contributed by atoms with E-state index in [9.17, 15) is 30.6 Å². The third-order valence-corrected chi connectivity index (χ3v) is 4.27. The lowest BCUT2D eigenvalue weighted by molar-refractivity contribution is -0.277. The number of fused-ring (bicyclic) bond motifs is 1. The summed E-state index contributed by atoms with van der Waals surface area (Å²) >= 11 is 0. The van der Waals surface area contributed by atoms with Crippen LogP contribution in [0.1, 0.15) is 5.56 Å². The van der Waals surface area contributed by atoms with Crippen molar-refractivity contribution in [2.24, 2.45) is 0 Å². The van der Waals surface area contributed by atoms with Crippen LogP contribution in [0.15, 0.2) is 24.3 Å². The fourth-order valence-electron chi connectivity index (χ4n) is 2.94. The van der Waals surface area contributed by atoms with E-state index in [1.165, 1.54) is 18.2 Å². The molecule has 25 heavy (non-hydrogen) atoms. The maximum absolute atomic E-state index is 10.2. The highest BCUT2D eigenvalue weighted by atomic mass is 16.7. The molecule has 0 radical (unpaired) electrons. The van der Waals surface area contributed by atoms with E-state index in [1.807, 2.05) is 0 Å². The van der Waals surface area contributed by atoms with Gasteiger partial charge in [-0.05, 0) is 36.8 Å². The minimum atomic E-state index is -1.57. The van der Waals surface area contributed by atoms with Gasteiger partial charge in [0.1, 0.15) is 41.7 Å². The standard InChI is InChI=1S/C17H20O8/c1-7-4-8-9(19)2-3-11(13(8)10(20)5-7)24-17-16(23)15(22)14(21)12(6-18)25-17/h2-5,12,14-23H,6H2,1H3/t12-,14-,15+,16-,17-/m1/s1. The van der Waals surface area contributed by atoms with Gasteiger partial charge in [-0.2, -0.15) is 0 Å². The summed E-state index contributed by atoms with van der Waals surface area (Å²) in [7, 11) is 0. The quantitative estimate of drug-likeness (QED) is 0.444. The smallest absolute Gasteiger partial charge is 0.229 e. The van der Waals surface area contributed by atoms with Crippen molar-refractivity contribution in [3.63, 3.8) is 0 Å². The molecule has 1 saturated heterocycles. The average Bonchev–Trinajstić information content (AvgIpc) is 2.57. The van der Waals surface area contributed by atoms with Gasteiger partial charge in [0.2, 0.25) is 6.29 Å². The molecule has 136 valence electrons. The molecule has 3 rings (SSSR count). The van der Waals surface area contributed by atoms with Crippen LogP contribution in [-0.4, -0.2) is 68.0 Å². The van der Waals surface area contributed by atoms with Gasteiger partial charge in [-0.1, -0.05) is 0 Å². The zero-order valence-electron chi connectivity index (χ0n) is 13.4. The monoisotopic (exact) mass is 352 g/mol. The van der Waals surface area contributed by atoms with E-state index in [0.717, 1.165) is 5.56 Å². The SMILES string of the molecule is Cc1cc(O)c2c(O[C@@H]3O[C@H](CO)[C@@H](O)[C@H](O)[C@H]3O)ccc(O)c2c1. The Kier molecular flexibility index (Phi) is 4.72. The van der Waals surface area contributed by atoms with Gasteiger partial charge in [-0.3, -0.25) is 0 Å². The Morgan fingerprint density at radius 3 is 2.40 bits per heavy atom. The average molecular weight is 352 g/mol. The number of aromatic hydroxyl groups is 2. The normalized spacial score (nSPS) is 29.7. The summed E-state index contributed by atoms with van der Waals surface area (Å²) in [6.45, 7) is 1.18. The van der Waals surface area contributed by atoms with Crippen LogP contribution in [-0.2, 0) is 4.74 Å². The van der Waals surface area contributed by atoms with Gasteiger partial charge >= 0.3 is 0 Å². The van der Waals surface area contributed by atoms with Gasteiger partial charge < -0.3 is 40.1 Å². The summed E-state index contributed by atoms with van der Waals surface area (Å²) in [6.07, 6.45) is -7.14. The number of benzene rings is 2. The van der Waals surface area contributed by atoms with Gasteiger partial charge in [0.05, 0.1) is 12.0 Å². The van der Waals surface area contributed by atoms with Crippen LogP contribution in [0.4, 0.5) is 0 Å². The maximum Gasteiger partial charge on any atom is 0.229 e. The molecule has 0 bridgehead atoms. The van der Waals surface area contributed by atoms with E-state index in [0.29, 0.717) is 5.39 Å². The summed E-state index contributed by atoms with van der Waals surface area (Å²) in [6, 6.07) is 5.89. The third kappa shape index (κ3) is 3.10. The van der Waals surface area contributed by atoms with Crippen molar-refractivity contribution in [2.75, 3.05) is 6.61 Å². The molecule has 6 N–H and O–H groups in total. The Labute approximate surface area is 143 Å². The van der Waals surface area contributed by atoms with E-state index >= 15 is 0 Å². The number of aryl methyl sites for hydroxylation is 1. The van der Waals surface area contributed by atoms with Crippen molar-refractivity contribution < 1.29 is 40.1 Å². The first-order chi connectivity index (χ1) is 11.8. The summed E-state index contributed by atoms with van der Waals surface area (Å²) < 4.78 is 10.9. The second-order valence-electron chi connectivity index (χ2n) is 6.10. The molecule has 8 heteroatoms. The van der Waals surface area contributed by atoms with Crippen LogP contribution in [0, 0.1) is 6.92 Å². The van der Waals surface area contributed by atoms with Crippen molar-refractivity contribution in [3.8, 4) is 17.2 Å². The Bertz CT molecular complexity index is 775. The van der Waals surface area contributed by atoms with E-state index in [-0.39, 0.29) is 22.6 Å². The van der Waals surface area contributed by atoms with Gasteiger partial charge in [-0.15, -0.1) is 0 Å². The number of rotatable bonds is 3. The molecule has 1 heterocycles. The molecule has 0 aliphatic carbocycles. The lowest BCUT2D eigenvalue weighted by Crippen LogP contribution is -2.60. The summed E-state index contributed by atoms with van der Waals surface area (Å²) in [5, 5.41) is 59.7. The molecule has 0 aromatic heterocycles. The maximum atomic E-state index is 10.2. The van der Waals surface area contributed by atoms with Crippen LogP contribution in [0.3, 0.4) is 0 Å². The molecular weight excluding hydrogens is 332 g/mol. The molecule has 1 aliphatic heterocycles. The second-order valence-corrected chi connectivity index (χ2v) is 6.10. The third-order valence-electron chi connectivity index (χ3n) is 4.27. The number of phenolic OH excluding ortho intramolecular Hbond substituents is 2. The van der Waals surface area contributed by atoms with Crippen molar-refractivity contribution in [1.82, 2.24) is 0 Å². The lowest BCUT2D eigenvalue weighted by Gasteiger charge is -2.39. The lowest BCUT2D eigenvalue weighted by atomic mass is 9.99. The van der Waals surface area contributed by atoms with Crippen molar-refractivity contribution in [3.05, 3.63) is 29.8 Å². The summed E-state index contributed by atoms with van der Waals surface area (Å²) in [5.41, 5.74) is 0.727. The summed E-state index contributed by atoms with van der Waals surface area (Å²) in [5.74, 6) is -0.0877. The van der Waals surface area contributed by atoms with E-state index in [1.54, 1.807) is 13.0 Å². The number of phenols is 2. The fraction of sp³-hybridized carbons (Fsp3) is 0.412. The number of aliphatic hydroxyl groups is 4. The first-order valence-electron chi connectivity index (χ1n) is 7.76. The molecule has 0 unspecified atom stereocenters. The molecule has 1 fully saturated rings. The molecule has 8 nitrogen and oxygen atoms in total. The number of aliphatic hydroxyl groups excluding tert-OH is 4. The molecule has 0 amide bonds. The Morgan fingerprint density at radius 2 is 1.72 bits per heavy atom. The largest absolute Gasteiger partial charge is 0.507 e.